The molecule has 0 spiro atoms. The lowest BCUT2D eigenvalue weighted by Gasteiger charge is -2.31. The summed E-state index contributed by atoms with van der Waals surface area (Å²) in [6.45, 7) is 14.6. The van der Waals surface area contributed by atoms with E-state index < -0.39 is 0 Å². The lowest BCUT2D eigenvalue weighted by molar-refractivity contribution is 0.314. The number of rotatable bonds is 15. The molecular weight excluding hydrogens is 278 g/mol. The predicted octanol–water partition coefficient (Wildman–Crippen LogP) is 7.65. The van der Waals surface area contributed by atoms with Crippen molar-refractivity contribution in [1.29, 1.82) is 0 Å². The van der Waals surface area contributed by atoms with Crippen LogP contribution in [0, 0.1) is 5.41 Å². The van der Waals surface area contributed by atoms with Crippen molar-refractivity contribution in [3.8, 4) is 0 Å². The molecule has 1 nitrogen and oxygen atoms in total. The molecule has 0 aliphatic heterocycles. The summed E-state index contributed by atoms with van der Waals surface area (Å²) >= 11 is 0. The topological polar surface area (TPSA) is 12.4 Å². The van der Waals surface area contributed by atoms with E-state index in [0.29, 0.717) is 0 Å². The van der Waals surface area contributed by atoms with Gasteiger partial charge >= 0.3 is 0 Å². The van der Waals surface area contributed by atoms with Crippen LogP contribution in [0.4, 0.5) is 0 Å². The lowest BCUT2D eigenvalue weighted by Crippen LogP contribution is -2.19. The Hall–Kier alpha value is -1.11. The molecule has 0 amide bonds. The highest BCUT2D eigenvalue weighted by Crippen LogP contribution is 2.39. The van der Waals surface area contributed by atoms with Crippen LogP contribution in [0.5, 0.6) is 0 Å². The van der Waals surface area contributed by atoms with Crippen LogP contribution in [-0.2, 0) is 0 Å². The molecule has 0 bridgehead atoms. The fourth-order valence-corrected chi connectivity index (χ4v) is 3.17. The molecule has 0 aromatic heterocycles. The average molecular weight is 318 g/mol. The normalized spacial score (nSPS) is 14.8. The molecule has 1 atom stereocenters. The molecule has 0 saturated heterocycles. The van der Waals surface area contributed by atoms with Gasteiger partial charge in [-0.05, 0) is 29.9 Å². The smallest absolute Gasteiger partial charge is 0.0270 e. The van der Waals surface area contributed by atoms with Gasteiger partial charge in [0.1, 0.15) is 0 Å². The second-order valence-electron chi connectivity index (χ2n) is 6.84. The van der Waals surface area contributed by atoms with Crippen LogP contribution in [0.15, 0.2) is 42.1 Å². The quantitative estimate of drug-likeness (QED) is 0.167. The molecule has 1 unspecified atom stereocenters. The second kappa shape index (κ2) is 14.5. The number of aliphatic imine (C=N–C) groups is 1. The summed E-state index contributed by atoms with van der Waals surface area (Å²) in [6, 6.07) is 0. The average Bonchev–Trinajstić information content (AvgIpc) is 2.55. The Morgan fingerprint density at radius 3 is 1.87 bits per heavy atom. The molecule has 0 radical (unpaired) electrons. The Morgan fingerprint density at radius 2 is 1.39 bits per heavy atom. The van der Waals surface area contributed by atoms with E-state index in [1.54, 1.807) is 6.20 Å². The maximum absolute atomic E-state index is 4.12. The Kier molecular flexibility index (Phi) is 13.8. The summed E-state index contributed by atoms with van der Waals surface area (Å²) in [5, 5.41) is 0. The minimum Gasteiger partial charge on any atom is -0.265 e. The zero-order valence-corrected chi connectivity index (χ0v) is 15.9. The maximum Gasteiger partial charge on any atom is 0.0270 e. The first-order valence-corrected chi connectivity index (χ1v) is 9.61. The molecule has 23 heavy (non-hydrogen) atoms. The van der Waals surface area contributed by atoms with Crippen molar-refractivity contribution in [3.05, 3.63) is 37.1 Å². The fourth-order valence-electron chi connectivity index (χ4n) is 3.17. The van der Waals surface area contributed by atoms with Crippen LogP contribution in [0.25, 0.3) is 0 Å². The monoisotopic (exact) mass is 317 g/mol. The van der Waals surface area contributed by atoms with Crippen LogP contribution >= 0.6 is 0 Å². The Labute approximate surface area is 145 Å². The van der Waals surface area contributed by atoms with Gasteiger partial charge in [-0.3, -0.25) is 4.99 Å². The van der Waals surface area contributed by atoms with E-state index in [4.69, 9.17) is 0 Å². The molecule has 0 aromatic carbocycles. The van der Waals surface area contributed by atoms with Gasteiger partial charge in [-0.2, -0.15) is 0 Å². The van der Waals surface area contributed by atoms with Crippen molar-refractivity contribution in [2.24, 2.45) is 10.4 Å². The van der Waals surface area contributed by atoms with Gasteiger partial charge in [-0.1, -0.05) is 97.8 Å². The predicted molar refractivity (Wildman–Crippen MR) is 107 cm³/mol. The third-order valence-electron chi connectivity index (χ3n) is 4.78. The van der Waals surface area contributed by atoms with Crippen LogP contribution in [0.3, 0.4) is 0 Å². The van der Waals surface area contributed by atoms with Gasteiger partial charge in [-0.25, -0.2) is 0 Å². The van der Waals surface area contributed by atoms with Crippen LogP contribution < -0.4 is 0 Å². The highest BCUT2D eigenvalue weighted by Gasteiger charge is 2.26. The van der Waals surface area contributed by atoms with Crippen molar-refractivity contribution in [2.75, 3.05) is 0 Å². The number of allylic oxidation sites excluding steroid dienone is 3. The molecule has 0 N–H and O–H groups in total. The number of hydrogen-bond donors (Lipinski definition) is 0. The molecular formula is C22H39N. The number of hydrogen-bond acceptors (Lipinski definition) is 1. The molecule has 0 saturated carbocycles. The summed E-state index contributed by atoms with van der Waals surface area (Å²) in [5.41, 5.74) is 1.56. The van der Waals surface area contributed by atoms with Crippen molar-refractivity contribution in [2.45, 2.75) is 91.4 Å². The van der Waals surface area contributed by atoms with Gasteiger partial charge in [0, 0.05) is 12.4 Å². The molecule has 0 aliphatic carbocycles. The van der Waals surface area contributed by atoms with E-state index in [-0.39, 0.29) is 5.41 Å². The first-order valence-electron chi connectivity index (χ1n) is 9.61. The van der Waals surface area contributed by atoms with E-state index in [9.17, 15) is 0 Å². The molecule has 1 heteroatoms. The molecule has 0 fully saturated rings. The van der Waals surface area contributed by atoms with Gasteiger partial charge in [0.25, 0.3) is 0 Å². The van der Waals surface area contributed by atoms with Crippen molar-refractivity contribution in [3.63, 3.8) is 0 Å². The number of nitrogens with zero attached hydrogens (tertiary/aromatic N) is 1. The zero-order valence-electron chi connectivity index (χ0n) is 15.9. The first-order chi connectivity index (χ1) is 11.1. The molecule has 0 aromatic rings. The number of unbranched alkanes of at least 4 members (excludes halogenated alkanes) is 7. The standard InChI is InChI=1S/C22H39N/c1-6-10-12-14-16-19-22(5,18-15-13-11-7-2)21(8-3)17-20-23-9-4/h8-9,17,20H,3-4,6-7,10-16,18-19H2,1-2,5H3/b21-17+,23-20-. The lowest BCUT2D eigenvalue weighted by atomic mass is 9.73. The Balaban J connectivity index is 4.79. The minimum atomic E-state index is 0.231. The maximum atomic E-state index is 4.12. The third kappa shape index (κ3) is 10.3. The van der Waals surface area contributed by atoms with Crippen molar-refractivity contribution in [1.82, 2.24) is 0 Å². The molecule has 0 rings (SSSR count). The Morgan fingerprint density at radius 1 is 0.870 bits per heavy atom. The summed E-state index contributed by atoms with van der Waals surface area (Å²) in [5.74, 6) is 0. The van der Waals surface area contributed by atoms with E-state index >= 15 is 0 Å². The van der Waals surface area contributed by atoms with Crippen LogP contribution in [-0.4, -0.2) is 6.21 Å². The van der Waals surface area contributed by atoms with E-state index in [0.717, 1.165) is 0 Å². The first kappa shape index (κ1) is 21.9. The molecule has 0 aliphatic rings. The zero-order chi connectivity index (χ0) is 17.4. The summed E-state index contributed by atoms with van der Waals surface area (Å²) in [7, 11) is 0. The van der Waals surface area contributed by atoms with Crippen LogP contribution in [0.2, 0.25) is 0 Å². The van der Waals surface area contributed by atoms with Gasteiger partial charge in [0.05, 0.1) is 0 Å². The largest absolute Gasteiger partial charge is 0.265 e. The summed E-state index contributed by atoms with van der Waals surface area (Å²) in [6.07, 6.45) is 22.1. The van der Waals surface area contributed by atoms with Gasteiger partial charge in [0.15, 0.2) is 0 Å². The van der Waals surface area contributed by atoms with Gasteiger partial charge in [0.2, 0.25) is 0 Å². The van der Waals surface area contributed by atoms with Crippen molar-refractivity contribution < 1.29 is 0 Å². The highest BCUT2D eigenvalue weighted by atomic mass is 14.6. The van der Waals surface area contributed by atoms with Gasteiger partial charge < -0.3 is 0 Å². The summed E-state index contributed by atoms with van der Waals surface area (Å²) < 4.78 is 0. The van der Waals surface area contributed by atoms with E-state index in [1.807, 2.05) is 12.3 Å². The minimum absolute atomic E-state index is 0.231. The van der Waals surface area contributed by atoms with Crippen molar-refractivity contribution >= 4 is 6.21 Å². The van der Waals surface area contributed by atoms with E-state index in [2.05, 4.69) is 45.0 Å². The van der Waals surface area contributed by atoms with E-state index in [1.165, 1.54) is 76.2 Å². The second-order valence-corrected chi connectivity index (χ2v) is 6.84. The summed E-state index contributed by atoms with van der Waals surface area (Å²) in [4.78, 5) is 4.12. The molecule has 0 heterocycles. The van der Waals surface area contributed by atoms with Gasteiger partial charge in [-0.15, -0.1) is 0 Å². The molecule has 132 valence electrons. The Bertz CT molecular complexity index is 364. The van der Waals surface area contributed by atoms with Crippen LogP contribution in [0.1, 0.15) is 91.4 Å². The third-order valence-corrected chi connectivity index (χ3v) is 4.78. The highest BCUT2D eigenvalue weighted by molar-refractivity contribution is 5.73. The SMILES string of the molecule is C=C/N=C\C=C(/C=C)C(C)(CCCCCC)CCCCCCC. The fraction of sp³-hybridized carbons (Fsp3) is 0.682.